The van der Waals surface area contributed by atoms with Gasteiger partial charge in [0.15, 0.2) is 0 Å². The summed E-state index contributed by atoms with van der Waals surface area (Å²) in [4.78, 5) is 14.3. The van der Waals surface area contributed by atoms with Crippen LogP contribution in [0.5, 0.6) is 0 Å². The predicted molar refractivity (Wildman–Crippen MR) is 93.0 cm³/mol. The lowest BCUT2D eigenvalue weighted by molar-refractivity contribution is -0.147. The number of ether oxygens (including phenoxy) is 2. The van der Waals surface area contributed by atoms with Gasteiger partial charge in [0.1, 0.15) is 5.54 Å². The number of hydrogen-bond acceptors (Lipinski definition) is 5. The van der Waals surface area contributed by atoms with Crippen LogP contribution in [-0.2, 0) is 14.3 Å². The number of morpholine rings is 1. The highest BCUT2D eigenvalue weighted by Gasteiger charge is 2.29. The van der Waals surface area contributed by atoms with Crippen molar-refractivity contribution < 1.29 is 14.3 Å². The standard InChI is InChI=1S/C18H28N2O3/c1-6-22-17(21)18(4,5)19-15-7-9-16(10-8-15)20-11-13(2)23-14(3)12-20/h7-10,13-14,19H,6,11-12H2,1-5H3/t13-,14+. The monoisotopic (exact) mass is 320 g/mol. The molecule has 1 saturated heterocycles. The number of nitrogens with one attached hydrogen (secondary N) is 1. The van der Waals surface area contributed by atoms with Gasteiger partial charge in [-0.2, -0.15) is 0 Å². The fourth-order valence-corrected chi connectivity index (χ4v) is 2.87. The average Bonchev–Trinajstić information content (AvgIpc) is 2.47. The Morgan fingerprint density at radius 2 is 1.83 bits per heavy atom. The molecule has 1 aliphatic heterocycles. The van der Waals surface area contributed by atoms with Crippen LogP contribution in [0.25, 0.3) is 0 Å². The van der Waals surface area contributed by atoms with Crippen molar-refractivity contribution in [3.05, 3.63) is 24.3 Å². The van der Waals surface area contributed by atoms with E-state index in [1.54, 1.807) is 0 Å². The predicted octanol–water partition coefficient (Wildman–Crippen LogP) is 3.05. The van der Waals surface area contributed by atoms with E-state index in [1.165, 1.54) is 5.69 Å². The Bertz CT molecular complexity index is 518. The molecule has 2 atom stereocenters. The molecule has 0 aromatic heterocycles. The Kier molecular flexibility index (Phi) is 5.52. The molecule has 0 saturated carbocycles. The summed E-state index contributed by atoms with van der Waals surface area (Å²) in [7, 11) is 0. The molecule has 1 aromatic carbocycles. The zero-order valence-electron chi connectivity index (χ0n) is 14.8. The number of rotatable bonds is 5. The molecule has 2 rings (SSSR count). The van der Waals surface area contributed by atoms with E-state index in [-0.39, 0.29) is 18.2 Å². The number of carbonyl (C=O) groups excluding carboxylic acids is 1. The molecule has 23 heavy (non-hydrogen) atoms. The molecule has 0 amide bonds. The molecule has 5 nitrogen and oxygen atoms in total. The van der Waals surface area contributed by atoms with Crippen molar-refractivity contribution in [1.29, 1.82) is 0 Å². The zero-order chi connectivity index (χ0) is 17.0. The van der Waals surface area contributed by atoms with Gasteiger partial charge in [-0.05, 0) is 58.9 Å². The minimum absolute atomic E-state index is 0.235. The zero-order valence-corrected chi connectivity index (χ0v) is 14.8. The van der Waals surface area contributed by atoms with Crippen molar-refractivity contribution >= 4 is 17.3 Å². The van der Waals surface area contributed by atoms with Crippen LogP contribution in [0.1, 0.15) is 34.6 Å². The second kappa shape index (κ2) is 7.21. The van der Waals surface area contributed by atoms with E-state index < -0.39 is 5.54 Å². The van der Waals surface area contributed by atoms with Crippen LogP contribution in [0.2, 0.25) is 0 Å². The van der Waals surface area contributed by atoms with Crippen molar-refractivity contribution in [1.82, 2.24) is 0 Å². The van der Waals surface area contributed by atoms with Gasteiger partial charge in [0.2, 0.25) is 0 Å². The van der Waals surface area contributed by atoms with Gasteiger partial charge in [-0.15, -0.1) is 0 Å². The summed E-state index contributed by atoms with van der Waals surface area (Å²) in [5.41, 5.74) is 1.33. The summed E-state index contributed by atoms with van der Waals surface area (Å²) in [6.45, 7) is 11.8. The van der Waals surface area contributed by atoms with E-state index in [9.17, 15) is 4.79 Å². The van der Waals surface area contributed by atoms with Crippen LogP contribution >= 0.6 is 0 Å². The Labute approximate surface area is 139 Å². The summed E-state index contributed by atoms with van der Waals surface area (Å²) in [5, 5.41) is 3.23. The van der Waals surface area contributed by atoms with Crippen LogP contribution in [0.15, 0.2) is 24.3 Å². The molecule has 0 spiro atoms. The third kappa shape index (κ3) is 4.61. The molecule has 0 aliphatic carbocycles. The first-order valence-corrected chi connectivity index (χ1v) is 8.27. The second-order valence-electron chi connectivity index (χ2n) is 6.68. The number of anilines is 2. The highest BCUT2D eigenvalue weighted by molar-refractivity contribution is 5.83. The van der Waals surface area contributed by atoms with E-state index in [1.807, 2.05) is 32.9 Å². The fraction of sp³-hybridized carbons (Fsp3) is 0.611. The van der Waals surface area contributed by atoms with E-state index in [2.05, 4.69) is 36.2 Å². The maximum Gasteiger partial charge on any atom is 0.331 e. The fourth-order valence-electron chi connectivity index (χ4n) is 2.87. The summed E-state index contributed by atoms with van der Waals surface area (Å²) >= 11 is 0. The minimum Gasteiger partial charge on any atom is -0.464 e. The van der Waals surface area contributed by atoms with Gasteiger partial charge in [0.05, 0.1) is 18.8 Å². The first-order valence-electron chi connectivity index (χ1n) is 8.27. The van der Waals surface area contributed by atoms with Gasteiger partial charge in [-0.3, -0.25) is 0 Å². The molecular weight excluding hydrogens is 292 g/mol. The number of benzene rings is 1. The molecule has 5 heteroatoms. The van der Waals surface area contributed by atoms with Gasteiger partial charge < -0.3 is 19.7 Å². The van der Waals surface area contributed by atoms with Crippen LogP contribution in [0.4, 0.5) is 11.4 Å². The Balaban J connectivity index is 2.03. The van der Waals surface area contributed by atoms with E-state index in [0.717, 1.165) is 18.8 Å². The second-order valence-corrected chi connectivity index (χ2v) is 6.68. The Morgan fingerprint density at radius 3 is 2.35 bits per heavy atom. The lowest BCUT2D eigenvalue weighted by atomic mass is 10.1. The number of esters is 1. The van der Waals surface area contributed by atoms with Crippen LogP contribution in [0.3, 0.4) is 0 Å². The van der Waals surface area contributed by atoms with Crippen molar-refractivity contribution in [2.75, 3.05) is 29.9 Å². The molecule has 0 radical (unpaired) electrons. The topological polar surface area (TPSA) is 50.8 Å². The number of hydrogen-bond donors (Lipinski definition) is 1. The quantitative estimate of drug-likeness (QED) is 0.845. The summed E-state index contributed by atoms with van der Waals surface area (Å²) < 4.78 is 10.9. The number of nitrogens with zero attached hydrogens (tertiary/aromatic N) is 1. The average molecular weight is 320 g/mol. The smallest absolute Gasteiger partial charge is 0.331 e. The van der Waals surface area contributed by atoms with E-state index in [0.29, 0.717) is 6.61 Å². The molecular formula is C18H28N2O3. The lowest BCUT2D eigenvalue weighted by Gasteiger charge is -2.37. The van der Waals surface area contributed by atoms with Crippen molar-refractivity contribution in [2.45, 2.75) is 52.4 Å². The van der Waals surface area contributed by atoms with Crippen LogP contribution < -0.4 is 10.2 Å². The molecule has 1 aliphatic rings. The normalized spacial score (nSPS) is 21.9. The summed E-state index contributed by atoms with van der Waals surface area (Å²) in [5.74, 6) is -0.250. The highest BCUT2D eigenvalue weighted by atomic mass is 16.5. The molecule has 0 bridgehead atoms. The van der Waals surface area contributed by atoms with Gasteiger partial charge >= 0.3 is 5.97 Å². The van der Waals surface area contributed by atoms with Crippen LogP contribution in [0, 0.1) is 0 Å². The van der Waals surface area contributed by atoms with Crippen molar-refractivity contribution in [3.63, 3.8) is 0 Å². The molecule has 128 valence electrons. The molecule has 1 fully saturated rings. The maximum absolute atomic E-state index is 11.9. The van der Waals surface area contributed by atoms with Gasteiger partial charge in [-0.1, -0.05) is 0 Å². The Hall–Kier alpha value is -1.75. The largest absolute Gasteiger partial charge is 0.464 e. The summed E-state index contributed by atoms with van der Waals surface area (Å²) in [6.07, 6.45) is 0.471. The highest BCUT2D eigenvalue weighted by Crippen LogP contribution is 2.24. The van der Waals surface area contributed by atoms with Crippen molar-refractivity contribution in [3.8, 4) is 0 Å². The van der Waals surface area contributed by atoms with Crippen molar-refractivity contribution in [2.24, 2.45) is 0 Å². The molecule has 1 aromatic rings. The molecule has 1 N–H and O–H groups in total. The minimum atomic E-state index is -0.750. The first kappa shape index (κ1) is 17.6. The lowest BCUT2D eigenvalue weighted by Crippen LogP contribution is -2.45. The number of carbonyl (C=O) groups is 1. The van der Waals surface area contributed by atoms with E-state index >= 15 is 0 Å². The van der Waals surface area contributed by atoms with Gasteiger partial charge in [0, 0.05) is 24.5 Å². The molecule has 0 unspecified atom stereocenters. The van der Waals surface area contributed by atoms with Gasteiger partial charge in [0.25, 0.3) is 0 Å². The SMILES string of the molecule is CCOC(=O)C(C)(C)Nc1ccc(N2C[C@@H](C)O[C@@H](C)C2)cc1. The Morgan fingerprint density at radius 1 is 1.26 bits per heavy atom. The van der Waals surface area contributed by atoms with E-state index in [4.69, 9.17) is 9.47 Å². The summed E-state index contributed by atoms with van der Waals surface area (Å²) in [6, 6.07) is 8.16. The van der Waals surface area contributed by atoms with Crippen LogP contribution in [-0.4, -0.2) is 43.4 Å². The third-order valence-corrected chi connectivity index (χ3v) is 3.89. The first-order chi connectivity index (χ1) is 10.8. The maximum atomic E-state index is 11.9. The van der Waals surface area contributed by atoms with Gasteiger partial charge in [-0.25, -0.2) is 4.79 Å². The molecule has 1 heterocycles. The third-order valence-electron chi connectivity index (χ3n) is 3.89.